The molecule has 1 heterocycles. The summed E-state index contributed by atoms with van der Waals surface area (Å²) in [6, 6.07) is 1.57. The summed E-state index contributed by atoms with van der Waals surface area (Å²) in [6.45, 7) is 1.73. The molecule has 1 aromatic heterocycles. The molecule has 1 aromatic rings. The maximum absolute atomic E-state index is 11.1. The van der Waals surface area contributed by atoms with Crippen molar-refractivity contribution in [3.8, 4) is 0 Å². The first kappa shape index (κ1) is 11.0. The summed E-state index contributed by atoms with van der Waals surface area (Å²) in [7, 11) is 0. The van der Waals surface area contributed by atoms with Crippen molar-refractivity contribution in [2.75, 3.05) is 6.61 Å². The Bertz CT molecular complexity index is 378. The standard InChI is InChI=1S/C10H11NO4/c1-2-15-10(14)9(13)5-8(12)7-3-4-11-6-7/h3-6,11-12H,2H2,1H3. The van der Waals surface area contributed by atoms with Crippen molar-refractivity contribution in [3.63, 3.8) is 0 Å². The Morgan fingerprint density at radius 2 is 2.33 bits per heavy atom. The van der Waals surface area contributed by atoms with Crippen LogP contribution in [-0.4, -0.2) is 28.4 Å². The maximum Gasteiger partial charge on any atom is 0.379 e. The summed E-state index contributed by atoms with van der Waals surface area (Å²) < 4.78 is 4.47. The second-order valence-corrected chi connectivity index (χ2v) is 2.71. The second-order valence-electron chi connectivity index (χ2n) is 2.71. The van der Waals surface area contributed by atoms with Gasteiger partial charge in [0.15, 0.2) is 0 Å². The molecule has 80 valence electrons. The summed E-state index contributed by atoms with van der Waals surface area (Å²) in [5, 5.41) is 9.41. The second kappa shape index (κ2) is 4.99. The van der Waals surface area contributed by atoms with E-state index in [-0.39, 0.29) is 12.4 Å². The van der Waals surface area contributed by atoms with E-state index in [1.165, 1.54) is 6.20 Å². The molecule has 0 amide bonds. The van der Waals surface area contributed by atoms with Crippen molar-refractivity contribution in [1.82, 2.24) is 4.98 Å². The first-order valence-electron chi connectivity index (χ1n) is 4.40. The molecule has 2 N–H and O–H groups in total. The number of aromatic nitrogens is 1. The molecule has 0 aliphatic heterocycles. The molecule has 0 atom stereocenters. The van der Waals surface area contributed by atoms with E-state index in [4.69, 9.17) is 0 Å². The van der Waals surface area contributed by atoms with Crippen molar-refractivity contribution in [1.29, 1.82) is 0 Å². The van der Waals surface area contributed by atoms with Gasteiger partial charge in [-0.05, 0) is 13.0 Å². The van der Waals surface area contributed by atoms with Gasteiger partial charge in [-0.15, -0.1) is 0 Å². The fraction of sp³-hybridized carbons (Fsp3) is 0.200. The zero-order valence-electron chi connectivity index (χ0n) is 8.19. The molecule has 0 aliphatic rings. The Morgan fingerprint density at radius 3 is 2.87 bits per heavy atom. The minimum atomic E-state index is -0.973. The average molecular weight is 209 g/mol. The van der Waals surface area contributed by atoms with E-state index in [0.29, 0.717) is 5.56 Å². The smallest absolute Gasteiger partial charge is 0.379 e. The van der Waals surface area contributed by atoms with E-state index in [0.717, 1.165) is 6.08 Å². The van der Waals surface area contributed by atoms with Gasteiger partial charge in [0, 0.05) is 24.0 Å². The topological polar surface area (TPSA) is 79.4 Å². The van der Waals surface area contributed by atoms with E-state index < -0.39 is 11.8 Å². The van der Waals surface area contributed by atoms with E-state index in [1.807, 2.05) is 0 Å². The van der Waals surface area contributed by atoms with Crippen molar-refractivity contribution in [2.24, 2.45) is 0 Å². The normalized spacial score (nSPS) is 11.1. The number of carbonyl (C=O) groups excluding carboxylic acids is 2. The first-order valence-corrected chi connectivity index (χ1v) is 4.40. The number of H-pyrrole nitrogens is 1. The number of hydrogen-bond donors (Lipinski definition) is 2. The van der Waals surface area contributed by atoms with Crippen LogP contribution in [0, 0.1) is 0 Å². The first-order chi connectivity index (χ1) is 7.15. The van der Waals surface area contributed by atoms with Crippen LogP contribution in [0.15, 0.2) is 24.5 Å². The highest BCUT2D eigenvalue weighted by Gasteiger charge is 2.13. The predicted octanol–water partition coefficient (Wildman–Crippen LogP) is 1.05. The maximum atomic E-state index is 11.1. The number of esters is 1. The molecule has 0 saturated carbocycles. The van der Waals surface area contributed by atoms with Crippen LogP contribution in [0.2, 0.25) is 0 Å². The molecule has 0 radical (unpaired) electrons. The highest BCUT2D eigenvalue weighted by Crippen LogP contribution is 2.09. The zero-order chi connectivity index (χ0) is 11.3. The molecule has 0 unspecified atom stereocenters. The fourth-order valence-electron chi connectivity index (χ4n) is 0.952. The summed E-state index contributed by atoms with van der Waals surface area (Å²) >= 11 is 0. The van der Waals surface area contributed by atoms with E-state index >= 15 is 0 Å². The lowest BCUT2D eigenvalue weighted by molar-refractivity contribution is -0.151. The van der Waals surface area contributed by atoms with Gasteiger partial charge in [-0.3, -0.25) is 4.79 Å². The Kier molecular flexibility index (Phi) is 3.68. The number of aliphatic hydroxyl groups is 1. The predicted molar refractivity (Wildman–Crippen MR) is 53.0 cm³/mol. The Hall–Kier alpha value is -2.04. The number of ether oxygens (including phenoxy) is 1. The minimum absolute atomic E-state index is 0.128. The third-order valence-electron chi connectivity index (χ3n) is 1.64. The lowest BCUT2D eigenvalue weighted by Crippen LogP contribution is -2.15. The van der Waals surface area contributed by atoms with Crippen molar-refractivity contribution in [2.45, 2.75) is 6.92 Å². The van der Waals surface area contributed by atoms with Crippen LogP contribution in [0.4, 0.5) is 0 Å². The monoisotopic (exact) mass is 209 g/mol. The van der Waals surface area contributed by atoms with E-state index in [9.17, 15) is 14.7 Å². The van der Waals surface area contributed by atoms with Gasteiger partial charge >= 0.3 is 5.97 Å². The number of hydrogen-bond acceptors (Lipinski definition) is 4. The van der Waals surface area contributed by atoms with Crippen LogP contribution < -0.4 is 0 Å². The van der Waals surface area contributed by atoms with Gasteiger partial charge in [0.05, 0.1) is 6.61 Å². The summed E-state index contributed by atoms with van der Waals surface area (Å²) in [4.78, 5) is 24.7. The lowest BCUT2D eigenvalue weighted by atomic mass is 10.2. The number of aromatic amines is 1. The van der Waals surface area contributed by atoms with Crippen molar-refractivity contribution >= 4 is 17.5 Å². The Morgan fingerprint density at radius 1 is 1.60 bits per heavy atom. The molecule has 0 aromatic carbocycles. The molecule has 1 rings (SSSR count). The van der Waals surface area contributed by atoms with Crippen LogP contribution >= 0.6 is 0 Å². The van der Waals surface area contributed by atoms with Crippen LogP contribution in [0.5, 0.6) is 0 Å². The summed E-state index contributed by atoms with van der Waals surface area (Å²) in [6.07, 6.45) is 3.93. The highest BCUT2D eigenvalue weighted by atomic mass is 16.5. The number of ketones is 1. The molecule has 0 fully saturated rings. The van der Waals surface area contributed by atoms with Gasteiger partial charge in [0.1, 0.15) is 5.76 Å². The summed E-state index contributed by atoms with van der Waals surface area (Å²) in [5.41, 5.74) is 0.438. The molecule has 0 spiro atoms. The molecule has 5 nitrogen and oxygen atoms in total. The fourth-order valence-corrected chi connectivity index (χ4v) is 0.952. The van der Waals surface area contributed by atoms with Gasteiger partial charge in [-0.1, -0.05) is 0 Å². The molecule has 0 aliphatic carbocycles. The average Bonchev–Trinajstić information content (AvgIpc) is 2.70. The van der Waals surface area contributed by atoms with Crippen LogP contribution in [0.3, 0.4) is 0 Å². The largest absolute Gasteiger partial charge is 0.507 e. The van der Waals surface area contributed by atoms with Crippen LogP contribution in [0.25, 0.3) is 5.76 Å². The third kappa shape index (κ3) is 2.98. The minimum Gasteiger partial charge on any atom is -0.507 e. The third-order valence-corrected chi connectivity index (χ3v) is 1.64. The van der Waals surface area contributed by atoms with E-state index in [2.05, 4.69) is 9.72 Å². The van der Waals surface area contributed by atoms with Crippen molar-refractivity contribution in [3.05, 3.63) is 30.1 Å². The molecular weight excluding hydrogens is 198 g/mol. The number of carbonyl (C=O) groups is 2. The van der Waals surface area contributed by atoms with Gasteiger partial charge in [0.25, 0.3) is 5.78 Å². The SMILES string of the molecule is CCOC(=O)C(=O)C=C(O)c1cc[nH]c1. The number of aliphatic hydroxyl groups excluding tert-OH is 1. The number of rotatable bonds is 4. The van der Waals surface area contributed by atoms with Gasteiger partial charge in [0.2, 0.25) is 0 Å². The lowest BCUT2D eigenvalue weighted by Gasteiger charge is -1.97. The zero-order valence-corrected chi connectivity index (χ0v) is 8.19. The molecule has 15 heavy (non-hydrogen) atoms. The Balaban J connectivity index is 2.71. The van der Waals surface area contributed by atoms with Crippen molar-refractivity contribution < 1.29 is 19.4 Å². The molecule has 0 saturated heterocycles. The summed E-state index contributed by atoms with van der Waals surface area (Å²) in [5.74, 6) is -2.12. The molecular formula is C10H11NO4. The van der Waals surface area contributed by atoms with Gasteiger partial charge in [-0.2, -0.15) is 0 Å². The number of nitrogens with one attached hydrogen (secondary N) is 1. The quantitative estimate of drug-likeness (QED) is 0.336. The molecule has 0 bridgehead atoms. The van der Waals surface area contributed by atoms with Gasteiger partial charge < -0.3 is 14.8 Å². The van der Waals surface area contributed by atoms with E-state index in [1.54, 1.807) is 19.2 Å². The highest BCUT2D eigenvalue weighted by molar-refractivity contribution is 6.39. The van der Waals surface area contributed by atoms with Crippen LogP contribution in [0.1, 0.15) is 12.5 Å². The molecule has 5 heteroatoms. The van der Waals surface area contributed by atoms with Gasteiger partial charge in [-0.25, -0.2) is 4.79 Å². The Labute approximate surface area is 86.4 Å². The van der Waals surface area contributed by atoms with Crippen LogP contribution in [-0.2, 0) is 14.3 Å².